The van der Waals surface area contributed by atoms with Crippen molar-refractivity contribution < 1.29 is 13.9 Å². The molecule has 0 bridgehead atoms. The third-order valence-corrected chi connectivity index (χ3v) is 3.90. The molecule has 0 aromatic heterocycles. The molecule has 2 N–H and O–H groups in total. The van der Waals surface area contributed by atoms with Gasteiger partial charge in [-0.2, -0.15) is 0 Å². The lowest BCUT2D eigenvalue weighted by molar-refractivity contribution is 0.0471. The summed E-state index contributed by atoms with van der Waals surface area (Å²) in [5.41, 5.74) is 7.69. The molecule has 0 saturated heterocycles. The highest BCUT2D eigenvalue weighted by Crippen LogP contribution is 2.25. The number of carbonyl (C=O) groups excluding carboxylic acids is 1. The summed E-state index contributed by atoms with van der Waals surface area (Å²) < 4.78 is 19.2. The Morgan fingerprint density at radius 2 is 2.14 bits per heavy atom. The van der Waals surface area contributed by atoms with Crippen LogP contribution in [-0.2, 0) is 11.3 Å². The van der Waals surface area contributed by atoms with Crippen LogP contribution in [0.2, 0.25) is 5.02 Å². The van der Waals surface area contributed by atoms with Gasteiger partial charge in [0.05, 0.1) is 10.6 Å². The van der Waals surface area contributed by atoms with Crippen LogP contribution in [0.15, 0.2) is 34.8 Å². The topological polar surface area (TPSA) is 52.3 Å². The molecule has 0 aliphatic rings. The summed E-state index contributed by atoms with van der Waals surface area (Å²) in [5.74, 6) is -1.09. The van der Waals surface area contributed by atoms with Crippen molar-refractivity contribution >= 4 is 39.2 Å². The van der Waals surface area contributed by atoms with Crippen molar-refractivity contribution in [3.63, 3.8) is 0 Å². The summed E-state index contributed by atoms with van der Waals surface area (Å²) in [5, 5.41) is -0.0456. The molecule has 0 aliphatic carbocycles. The highest BCUT2D eigenvalue weighted by Gasteiger charge is 2.15. The number of benzene rings is 2. The average molecular weight is 373 g/mol. The number of halogens is 3. The van der Waals surface area contributed by atoms with Crippen LogP contribution in [0, 0.1) is 12.7 Å². The van der Waals surface area contributed by atoms with Crippen molar-refractivity contribution in [3.05, 3.63) is 62.3 Å². The van der Waals surface area contributed by atoms with Gasteiger partial charge in [0.1, 0.15) is 12.4 Å². The van der Waals surface area contributed by atoms with E-state index < -0.39 is 11.8 Å². The first kappa shape index (κ1) is 15.8. The van der Waals surface area contributed by atoms with Gasteiger partial charge in [-0.05, 0) is 30.7 Å². The molecule has 0 unspecified atom stereocenters. The normalized spacial score (nSPS) is 10.5. The van der Waals surface area contributed by atoms with E-state index >= 15 is 0 Å². The highest BCUT2D eigenvalue weighted by molar-refractivity contribution is 9.10. The van der Waals surface area contributed by atoms with Crippen molar-refractivity contribution in [2.45, 2.75) is 13.5 Å². The molecule has 3 nitrogen and oxygen atoms in total. The zero-order valence-electron chi connectivity index (χ0n) is 11.1. The van der Waals surface area contributed by atoms with Gasteiger partial charge < -0.3 is 10.5 Å². The monoisotopic (exact) mass is 371 g/mol. The van der Waals surface area contributed by atoms with Crippen molar-refractivity contribution in [3.8, 4) is 0 Å². The van der Waals surface area contributed by atoms with Crippen molar-refractivity contribution in [1.82, 2.24) is 0 Å². The first-order valence-electron chi connectivity index (χ1n) is 6.05. The van der Waals surface area contributed by atoms with Crippen molar-refractivity contribution in [2.24, 2.45) is 0 Å². The number of carbonyl (C=O) groups is 1. The zero-order valence-corrected chi connectivity index (χ0v) is 13.5. The van der Waals surface area contributed by atoms with Crippen molar-refractivity contribution in [1.29, 1.82) is 0 Å². The molecular weight excluding hydrogens is 361 g/mol. The average Bonchev–Trinajstić information content (AvgIpc) is 2.44. The Labute approximate surface area is 135 Å². The molecule has 110 valence electrons. The largest absolute Gasteiger partial charge is 0.457 e. The maximum atomic E-state index is 13.3. The van der Waals surface area contributed by atoms with Crippen LogP contribution < -0.4 is 5.73 Å². The van der Waals surface area contributed by atoms with Gasteiger partial charge in [-0.25, -0.2) is 9.18 Å². The lowest BCUT2D eigenvalue weighted by Gasteiger charge is -2.10. The number of nitrogens with two attached hydrogens (primary N) is 1. The highest BCUT2D eigenvalue weighted by atomic mass is 79.9. The third-order valence-electron chi connectivity index (χ3n) is 3.02. The van der Waals surface area contributed by atoms with Crippen LogP contribution >= 0.6 is 27.5 Å². The first-order valence-corrected chi connectivity index (χ1v) is 7.23. The third kappa shape index (κ3) is 3.54. The Bertz CT molecular complexity index is 706. The Morgan fingerprint density at radius 3 is 2.86 bits per heavy atom. The number of ether oxygens (including phenoxy) is 1. The van der Waals surface area contributed by atoms with E-state index in [1.165, 1.54) is 12.1 Å². The zero-order chi connectivity index (χ0) is 15.6. The molecule has 2 rings (SSSR count). The van der Waals surface area contributed by atoms with Crippen LogP contribution in [0.3, 0.4) is 0 Å². The second-order valence-corrected chi connectivity index (χ2v) is 5.75. The molecule has 21 heavy (non-hydrogen) atoms. The van der Waals surface area contributed by atoms with E-state index in [4.69, 9.17) is 22.1 Å². The van der Waals surface area contributed by atoms with Crippen molar-refractivity contribution in [2.75, 3.05) is 5.73 Å². The minimum atomic E-state index is -0.548. The molecular formula is C15H12BrClFNO2. The van der Waals surface area contributed by atoms with E-state index in [-0.39, 0.29) is 11.6 Å². The molecule has 0 saturated carbocycles. The fourth-order valence-electron chi connectivity index (χ4n) is 1.79. The summed E-state index contributed by atoms with van der Waals surface area (Å²) in [7, 11) is 0. The lowest BCUT2D eigenvalue weighted by atomic mass is 10.1. The molecule has 0 atom stereocenters. The molecule has 2 aromatic carbocycles. The molecule has 0 fully saturated rings. The van der Waals surface area contributed by atoms with Gasteiger partial charge in [-0.1, -0.05) is 39.7 Å². The Kier molecular flexibility index (Phi) is 4.85. The molecule has 6 heteroatoms. The fourth-order valence-corrected chi connectivity index (χ4v) is 2.45. The number of hydrogen-bond acceptors (Lipinski definition) is 3. The van der Waals surface area contributed by atoms with Crippen LogP contribution in [0.25, 0.3) is 0 Å². The van der Waals surface area contributed by atoms with E-state index in [2.05, 4.69) is 15.9 Å². The molecule has 0 spiro atoms. The van der Waals surface area contributed by atoms with Gasteiger partial charge in [0.2, 0.25) is 0 Å². The van der Waals surface area contributed by atoms with E-state index in [1.54, 1.807) is 25.1 Å². The minimum absolute atomic E-state index is 0.0456. The number of rotatable bonds is 3. The van der Waals surface area contributed by atoms with E-state index in [0.29, 0.717) is 26.9 Å². The second kappa shape index (κ2) is 6.45. The van der Waals surface area contributed by atoms with Gasteiger partial charge in [0.25, 0.3) is 0 Å². The van der Waals surface area contributed by atoms with Gasteiger partial charge in [-0.3, -0.25) is 0 Å². The Balaban J connectivity index is 2.18. The van der Waals surface area contributed by atoms with Crippen LogP contribution in [0.4, 0.5) is 10.1 Å². The second-order valence-electron chi connectivity index (χ2n) is 4.46. The van der Waals surface area contributed by atoms with Gasteiger partial charge in [-0.15, -0.1) is 0 Å². The maximum Gasteiger partial charge on any atom is 0.338 e. The Morgan fingerprint density at radius 1 is 1.43 bits per heavy atom. The minimum Gasteiger partial charge on any atom is -0.457 e. The maximum absolute atomic E-state index is 13.3. The lowest BCUT2D eigenvalue weighted by Crippen LogP contribution is -2.09. The van der Waals surface area contributed by atoms with Gasteiger partial charge >= 0.3 is 5.97 Å². The van der Waals surface area contributed by atoms with Crippen LogP contribution in [-0.4, -0.2) is 5.97 Å². The predicted molar refractivity (Wildman–Crippen MR) is 83.8 cm³/mol. The quantitative estimate of drug-likeness (QED) is 0.638. The molecule has 0 heterocycles. The van der Waals surface area contributed by atoms with E-state index in [9.17, 15) is 9.18 Å². The molecule has 2 aromatic rings. The van der Waals surface area contributed by atoms with E-state index in [0.717, 1.165) is 0 Å². The standard InChI is InChI=1S/C15H12BrClFNO2/c1-8-11(5-10(16)6-13(8)19)15(20)21-7-9-3-2-4-12(18)14(9)17/h2-6H,7,19H2,1H3. The number of esters is 1. The predicted octanol–water partition coefficient (Wildman–Crippen LogP) is 4.49. The molecule has 0 amide bonds. The summed E-state index contributed by atoms with van der Waals surface area (Å²) >= 11 is 9.08. The number of hydrogen-bond donors (Lipinski definition) is 1. The Hall–Kier alpha value is -1.59. The molecule has 0 radical (unpaired) electrons. The van der Waals surface area contributed by atoms with Crippen LogP contribution in [0.5, 0.6) is 0 Å². The summed E-state index contributed by atoms with van der Waals surface area (Å²) in [4.78, 5) is 12.1. The first-order chi connectivity index (χ1) is 9.90. The summed E-state index contributed by atoms with van der Waals surface area (Å²) in [6.45, 7) is 1.62. The summed E-state index contributed by atoms with van der Waals surface area (Å²) in [6, 6.07) is 7.68. The van der Waals surface area contributed by atoms with E-state index in [1.807, 2.05) is 0 Å². The fraction of sp³-hybridized carbons (Fsp3) is 0.133. The van der Waals surface area contributed by atoms with Gasteiger partial charge in [0, 0.05) is 15.7 Å². The smallest absolute Gasteiger partial charge is 0.338 e. The van der Waals surface area contributed by atoms with Crippen LogP contribution in [0.1, 0.15) is 21.5 Å². The van der Waals surface area contributed by atoms with Gasteiger partial charge in [0.15, 0.2) is 0 Å². The SMILES string of the molecule is Cc1c(N)cc(Br)cc1C(=O)OCc1cccc(F)c1Cl. The molecule has 0 aliphatic heterocycles. The number of anilines is 1. The summed E-state index contributed by atoms with van der Waals surface area (Å²) in [6.07, 6.45) is 0. The number of nitrogen functional groups attached to an aromatic ring is 1.